The second-order valence-electron chi connectivity index (χ2n) is 7.20. The molecule has 29 heavy (non-hydrogen) atoms. The molecule has 1 atom stereocenters. The number of halogens is 2. The summed E-state index contributed by atoms with van der Waals surface area (Å²) < 4.78 is 35.2. The van der Waals surface area contributed by atoms with Crippen molar-refractivity contribution < 1.29 is 13.5 Å². The van der Waals surface area contributed by atoms with Crippen LogP contribution in [0.4, 0.5) is 14.7 Å². The predicted octanol–water partition coefficient (Wildman–Crippen LogP) is 3.14. The molecule has 0 saturated carbocycles. The number of nitrogens with zero attached hydrogens (tertiary/aromatic N) is 4. The summed E-state index contributed by atoms with van der Waals surface area (Å²) in [4.78, 5) is 6.54. The molecule has 2 N–H and O–H groups in total. The van der Waals surface area contributed by atoms with Gasteiger partial charge < -0.3 is 19.9 Å². The highest BCUT2D eigenvalue weighted by Gasteiger charge is 2.42. The molecule has 3 aromatic rings. The first-order chi connectivity index (χ1) is 13.9. The van der Waals surface area contributed by atoms with E-state index < -0.39 is 12.0 Å². The molecule has 6 nitrogen and oxygen atoms in total. The van der Waals surface area contributed by atoms with Gasteiger partial charge >= 0.3 is 0 Å². The summed E-state index contributed by atoms with van der Waals surface area (Å²) >= 11 is 0. The van der Waals surface area contributed by atoms with E-state index in [1.165, 1.54) is 0 Å². The quantitative estimate of drug-likeness (QED) is 0.732. The van der Waals surface area contributed by atoms with Gasteiger partial charge in [0.05, 0.1) is 36.8 Å². The zero-order chi connectivity index (χ0) is 20.6. The van der Waals surface area contributed by atoms with E-state index in [0.717, 1.165) is 11.1 Å². The lowest BCUT2D eigenvalue weighted by Gasteiger charge is -2.37. The Morgan fingerprint density at radius 2 is 2.03 bits per heavy atom. The number of aromatic nitrogens is 2. The zero-order valence-electron chi connectivity index (χ0n) is 16.0. The molecule has 8 heteroatoms. The van der Waals surface area contributed by atoms with E-state index in [2.05, 4.69) is 6.07 Å². The number of imidazole rings is 1. The van der Waals surface area contributed by atoms with Gasteiger partial charge in [-0.25, -0.2) is 13.8 Å². The molecular formula is C21H21F2N5O. The minimum atomic E-state index is -2.88. The van der Waals surface area contributed by atoms with Crippen LogP contribution in [0.15, 0.2) is 42.5 Å². The van der Waals surface area contributed by atoms with E-state index >= 15 is 0 Å². The molecule has 0 aliphatic carbocycles. The summed E-state index contributed by atoms with van der Waals surface area (Å²) in [6.07, 6.45) is -0.314. The first kappa shape index (κ1) is 19.2. The van der Waals surface area contributed by atoms with Gasteiger partial charge in [0.1, 0.15) is 11.3 Å². The number of methoxy groups -OCH3 is 1. The van der Waals surface area contributed by atoms with Gasteiger partial charge in [-0.2, -0.15) is 5.26 Å². The van der Waals surface area contributed by atoms with Gasteiger partial charge in [0.15, 0.2) is 0 Å². The Kier molecular flexibility index (Phi) is 4.84. The lowest BCUT2D eigenvalue weighted by atomic mass is 10.0. The van der Waals surface area contributed by atoms with E-state index in [1.54, 1.807) is 19.2 Å². The maximum absolute atomic E-state index is 13.9. The Morgan fingerprint density at radius 3 is 2.69 bits per heavy atom. The molecule has 1 aliphatic heterocycles. The smallest absolute Gasteiger partial charge is 0.266 e. The number of para-hydroxylation sites is 1. The molecular weight excluding hydrogens is 376 g/mol. The van der Waals surface area contributed by atoms with Crippen molar-refractivity contribution in [3.05, 3.63) is 53.6 Å². The van der Waals surface area contributed by atoms with E-state index in [-0.39, 0.29) is 19.5 Å². The maximum Gasteiger partial charge on any atom is 0.266 e. The normalized spacial score (nSPS) is 18.6. The van der Waals surface area contributed by atoms with Crippen LogP contribution in [-0.4, -0.2) is 41.7 Å². The number of hydrogen-bond acceptors (Lipinski definition) is 5. The molecule has 0 bridgehead atoms. The highest BCUT2D eigenvalue weighted by atomic mass is 19.3. The molecule has 1 saturated heterocycles. The van der Waals surface area contributed by atoms with Crippen LogP contribution >= 0.6 is 0 Å². The summed E-state index contributed by atoms with van der Waals surface area (Å²) in [6, 6.07) is 13.7. The SMILES string of the molecule is COc1cccc2c1nc(N1CCC(F)(F)C(N)C1)n2Cc1ccc(C#N)cc1. The van der Waals surface area contributed by atoms with Crippen molar-refractivity contribution in [1.82, 2.24) is 9.55 Å². The minimum absolute atomic E-state index is 0.0198. The molecule has 0 amide bonds. The zero-order valence-corrected chi connectivity index (χ0v) is 16.0. The fourth-order valence-electron chi connectivity index (χ4n) is 3.65. The van der Waals surface area contributed by atoms with Gasteiger partial charge in [0.25, 0.3) is 5.92 Å². The maximum atomic E-state index is 13.9. The van der Waals surface area contributed by atoms with Crippen molar-refractivity contribution in [1.29, 1.82) is 5.26 Å². The van der Waals surface area contributed by atoms with Gasteiger partial charge in [0.2, 0.25) is 5.95 Å². The standard InChI is InChI=1S/C21H21F2N5O/c1-29-17-4-2-3-16-19(17)26-20(27-10-9-21(22,23)18(25)13-27)28(16)12-15-7-5-14(11-24)6-8-15/h2-8,18H,9-10,12-13,25H2,1H3. The summed E-state index contributed by atoms with van der Waals surface area (Å²) in [5.74, 6) is -1.67. The van der Waals surface area contributed by atoms with Crippen LogP contribution in [0, 0.1) is 11.3 Å². The molecule has 2 aromatic carbocycles. The summed E-state index contributed by atoms with van der Waals surface area (Å²) in [5, 5.41) is 9.01. The van der Waals surface area contributed by atoms with Gasteiger partial charge in [-0.3, -0.25) is 0 Å². The third-order valence-electron chi connectivity index (χ3n) is 5.32. The van der Waals surface area contributed by atoms with Crippen LogP contribution in [0.25, 0.3) is 11.0 Å². The number of fused-ring (bicyclic) bond motifs is 1. The monoisotopic (exact) mass is 397 g/mol. The highest BCUT2D eigenvalue weighted by molar-refractivity contribution is 5.85. The van der Waals surface area contributed by atoms with Crippen molar-refractivity contribution in [2.24, 2.45) is 5.73 Å². The Hall–Kier alpha value is -3.18. The van der Waals surface area contributed by atoms with Crippen molar-refractivity contribution in [3.63, 3.8) is 0 Å². The van der Waals surface area contributed by atoms with Gasteiger partial charge in [-0.05, 0) is 29.8 Å². The fraction of sp³-hybridized carbons (Fsp3) is 0.333. The van der Waals surface area contributed by atoms with Crippen LogP contribution in [0.3, 0.4) is 0 Å². The van der Waals surface area contributed by atoms with Gasteiger partial charge in [-0.1, -0.05) is 18.2 Å². The van der Waals surface area contributed by atoms with Crippen molar-refractivity contribution in [2.75, 3.05) is 25.1 Å². The molecule has 1 aliphatic rings. The molecule has 2 heterocycles. The number of alkyl halides is 2. The number of nitrogens with two attached hydrogens (primary N) is 1. The second-order valence-corrected chi connectivity index (χ2v) is 7.20. The van der Waals surface area contributed by atoms with E-state index in [4.69, 9.17) is 20.7 Å². The first-order valence-corrected chi connectivity index (χ1v) is 9.33. The molecule has 4 rings (SSSR count). The Morgan fingerprint density at radius 1 is 1.28 bits per heavy atom. The van der Waals surface area contributed by atoms with E-state index in [9.17, 15) is 8.78 Å². The predicted molar refractivity (Wildman–Crippen MR) is 106 cm³/mol. The number of hydrogen-bond donors (Lipinski definition) is 1. The van der Waals surface area contributed by atoms with E-state index in [1.807, 2.05) is 39.8 Å². The fourth-order valence-corrected chi connectivity index (χ4v) is 3.65. The Bertz CT molecular complexity index is 1070. The van der Waals surface area contributed by atoms with Crippen LogP contribution in [0.5, 0.6) is 5.75 Å². The first-order valence-electron chi connectivity index (χ1n) is 9.33. The van der Waals surface area contributed by atoms with Gasteiger partial charge in [0, 0.05) is 19.5 Å². The molecule has 0 spiro atoms. The largest absolute Gasteiger partial charge is 0.494 e. The number of ether oxygens (including phenoxy) is 1. The van der Waals surface area contributed by atoms with Crippen LogP contribution in [-0.2, 0) is 6.54 Å². The number of benzene rings is 2. The summed E-state index contributed by atoms with van der Waals surface area (Å²) in [5.41, 5.74) is 8.80. The average Bonchev–Trinajstić information content (AvgIpc) is 3.09. The molecule has 1 aromatic heterocycles. The molecule has 1 unspecified atom stereocenters. The molecule has 150 valence electrons. The second kappa shape index (κ2) is 7.33. The van der Waals surface area contributed by atoms with Crippen LogP contribution < -0.4 is 15.4 Å². The lowest BCUT2D eigenvalue weighted by molar-refractivity contribution is -0.0395. The van der Waals surface area contributed by atoms with Crippen LogP contribution in [0.1, 0.15) is 17.5 Å². The average molecular weight is 397 g/mol. The number of rotatable bonds is 4. The highest BCUT2D eigenvalue weighted by Crippen LogP contribution is 2.34. The third kappa shape index (κ3) is 3.49. The van der Waals surface area contributed by atoms with Crippen molar-refractivity contribution in [3.8, 4) is 11.8 Å². The number of nitriles is 1. The van der Waals surface area contributed by atoms with Crippen LogP contribution in [0.2, 0.25) is 0 Å². The van der Waals surface area contributed by atoms with Crippen molar-refractivity contribution >= 4 is 17.0 Å². The van der Waals surface area contributed by atoms with E-state index in [0.29, 0.717) is 29.3 Å². The Balaban J connectivity index is 1.78. The van der Waals surface area contributed by atoms with Crippen molar-refractivity contribution in [2.45, 2.75) is 24.9 Å². The third-order valence-corrected chi connectivity index (χ3v) is 5.32. The summed E-state index contributed by atoms with van der Waals surface area (Å²) in [6.45, 7) is 0.665. The van der Waals surface area contributed by atoms with Gasteiger partial charge in [-0.15, -0.1) is 0 Å². The number of anilines is 1. The molecule has 1 fully saturated rings. The summed E-state index contributed by atoms with van der Waals surface area (Å²) in [7, 11) is 1.57. The topological polar surface area (TPSA) is 80.1 Å². The molecule has 0 radical (unpaired) electrons. The lowest BCUT2D eigenvalue weighted by Crippen LogP contribution is -2.55. The minimum Gasteiger partial charge on any atom is -0.494 e. The Labute approximate surface area is 167 Å². The number of piperidine rings is 1.